The highest BCUT2D eigenvalue weighted by atomic mass is 32.2. The maximum absolute atomic E-state index is 12.5. The monoisotopic (exact) mass is 431 g/mol. The third-order valence-electron chi connectivity index (χ3n) is 4.17. The molecule has 1 aromatic heterocycles. The Labute approximate surface area is 173 Å². The summed E-state index contributed by atoms with van der Waals surface area (Å²) in [4.78, 5) is 12.5. The van der Waals surface area contributed by atoms with E-state index in [1.165, 1.54) is 36.0 Å². The number of hydrogen-bond donors (Lipinski definition) is 2. The molecule has 29 heavy (non-hydrogen) atoms. The van der Waals surface area contributed by atoms with Crippen molar-refractivity contribution < 1.29 is 13.2 Å². The molecule has 2 aromatic carbocycles. The second kappa shape index (κ2) is 8.76. The number of nitrogens with two attached hydrogens (primary N) is 1. The summed E-state index contributed by atoms with van der Waals surface area (Å²) in [5.41, 5.74) is 1.44. The van der Waals surface area contributed by atoms with Gasteiger partial charge in [0.1, 0.15) is 0 Å². The lowest BCUT2D eigenvalue weighted by Gasteiger charge is -2.13. The smallest absolute Gasteiger partial charge is 0.238 e. The summed E-state index contributed by atoms with van der Waals surface area (Å²) >= 11 is 1.31. The van der Waals surface area contributed by atoms with Crippen LogP contribution >= 0.6 is 11.8 Å². The fraction of sp³-hybridized carbons (Fsp3) is 0.211. The van der Waals surface area contributed by atoms with Crippen molar-refractivity contribution in [1.82, 2.24) is 14.8 Å². The first-order valence-electron chi connectivity index (χ1n) is 8.88. The molecule has 1 heterocycles. The number of nitrogens with one attached hydrogen (secondary N) is 1. The summed E-state index contributed by atoms with van der Waals surface area (Å²) in [7, 11) is -3.77. The summed E-state index contributed by atoms with van der Waals surface area (Å²) in [6, 6.07) is 15.4. The Balaban J connectivity index is 1.71. The van der Waals surface area contributed by atoms with Gasteiger partial charge in [-0.2, -0.15) is 0 Å². The number of amides is 1. The van der Waals surface area contributed by atoms with Crippen LogP contribution in [0.2, 0.25) is 0 Å². The lowest BCUT2D eigenvalue weighted by atomic mass is 10.2. The normalized spacial score (nSPS) is 12.5. The molecule has 3 rings (SSSR count). The van der Waals surface area contributed by atoms with Gasteiger partial charge in [0.15, 0.2) is 11.0 Å². The first-order valence-corrected chi connectivity index (χ1v) is 11.3. The third-order valence-corrected chi connectivity index (χ3v) is 6.18. The molecule has 0 saturated heterocycles. The molecule has 0 aliphatic rings. The highest BCUT2D eigenvalue weighted by Crippen LogP contribution is 2.27. The van der Waals surface area contributed by atoms with E-state index in [9.17, 15) is 13.2 Å². The van der Waals surface area contributed by atoms with Crippen LogP contribution in [0.25, 0.3) is 11.4 Å². The SMILES string of the molecule is CCn1c(S[C@@H](C)C(=O)Nc2ccc(S(N)(=O)=O)cc2)nnc1-c1ccccc1. The molecule has 1 atom stereocenters. The van der Waals surface area contributed by atoms with Crippen molar-refractivity contribution in [2.24, 2.45) is 5.14 Å². The van der Waals surface area contributed by atoms with Crippen molar-refractivity contribution in [2.75, 3.05) is 5.32 Å². The van der Waals surface area contributed by atoms with Gasteiger partial charge >= 0.3 is 0 Å². The third kappa shape index (κ3) is 5.03. The van der Waals surface area contributed by atoms with E-state index in [-0.39, 0.29) is 10.8 Å². The molecule has 0 unspecified atom stereocenters. The molecule has 3 N–H and O–H groups in total. The number of hydrogen-bond acceptors (Lipinski definition) is 6. The largest absolute Gasteiger partial charge is 0.325 e. The van der Waals surface area contributed by atoms with Crippen LogP contribution in [0.1, 0.15) is 13.8 Å². The molecule has 3 aromatic rings. The van der Waals surface area contributed by atoms with Crippen LogP contribution in [0, 0.1) is 0 Å². The lowest BCUT2D eigenvalue weighted by Crippen LogP contribution is -2.23. The van der Waals surface area contributed by atoms with Gasteiger partial charge in [0.2, 0.25) is 15.9 Å². The van der Waals surface area contributed by atoms with E-state index in [4.69, 9.17) is 5.14 Å². The van der Waals surface area contributed by atoms with Gasteiger partial charge in [0.25, 0.3) is 0 Å². The number of anilines is 1. The first-order chi connectivity index (χ1) is 13.8. The van der Waals surface area contributed by atoms with Crippen molar-refractivity contribution in [3.63, 3.8) is 0 Å². The molecule has 0 radical (unpaired) electrons. The minimum absolute atomic E-state index is 0.0117. The summed E-state index contributed by atoms with van der Waals surface area (Å²) in [6.07, 6.45) is 0. The van der Waals surface area contributed by atoms with E-state index in [0.717, 1.165) is 11.4 Å². The van der Waals surface area contributed by atoms with E-state index >= 15 is 0 Å². The standard InChI is InChI=1S/C19H21N5O3S2/c1-3-24-17(14-7-5-4-6-8-14)22-23-19(24)28-13(2)18(25)21-15-9-11-16(12-10-15)29(20,26)27/h4-13H,3H2,1-2H3,(H,21,25)(H2,20,26,27)/t13-/m0/s1. The highest BCUT2D eigenvalue weighted by molar-refractivity contribution is 8.00. The van der Waals surface area contributed by atoms with Gasteiger partial charge in [-0.05, 0) is 38.1 Å². The number of carbonyl (C=O) groups is 1. The van der Waals surface area contributed by atoms with Gasteiger partial charge < -0.3 is 9.88 Å². The second-order valence-electron chi connectivity index (χ2n) is 6.24. The quantitative estimate of drug-likeness (QED) is 0.555. The summed E-state index contributed by atoms with van der Waals surface area (Å²) in [5.74, 6) is 0.520. The zero-order chi connectivity index (χ0) is 21.0. The maximum atomic E-state index is 12.5. The lowest BCUT2D eigenvalue weighted by molar-refractivity contribution is -0.115. The Kier molecular flexibility index (Phi) is 6.36. The molecule has 8 nitrogen and oxygen atoms in total. The summed E-state index contributed by atoms with van der Waals surface area (Å²) < 4.78 is 24.6. The van der Waals surface area contributed by atoms with Crippen molar-refractivity contribution in [3.05, 3.63) is 54.6 Å². The van der Waals surface area contributed by atoms with Crippen molar-refractivity contribution in [3.8, 4) is 11.4 Å². The Bertz CT molecular complexity index is 1100. The van der Waals surface area contributed by atoms with Crippen molar-refractivity contribution >= 4 is 33.4 Å². The molecule has 0 fully saturated rings. The molecule has 0 bridgehead atoms. The number of rotatable bonds is 7. The average Bonchev–Trinajstić information content (AvgIpc) is 3.10. The van der Waals surface area contributed by atoms with E-state index in [1.807, 2.05) is 41.8 Å². The van der Waals surface area contributed by atoms with Crippen molar-refractivity contribution in [1.29, 1.82) is 0 Å². The Morgan fingerprint density at radius 3 is 2.38 bits per heavy atom. The van der Waals surface area contributed by atoms with Gasteiger partial charge in [0.05, 0.1) is 10.1 Å². The fourth-order valence-electron chi connectivity index (χ4n) is 2.65. The molecule has 0 aliphatic heterocycles. The zero-order valence-electron chi connectivity index (χ0n) is 15.9. The van der Waals surface area contributed by atoms with Gasteiger partial charge in [-0.15, -0.1) is 10.2 Å². The van der Waals surface area contributed by atoms with Gasteiger partial charge in [-0.25, -0.2) is 13.6 Å². The number of aromatic nitrogens is 3. The minimum atomic E-state index is -3.77. The summed E-state index contributed by atoms with van der Waals surface area (Å²) in [5, 5.41) is 16.6. The Morgan fingerprint density at radius 1 is 1.14 bits per heavy atom. The van der Waals surface area contributed by atoms with Gasteiger partial charge in [-0.1, -0.05) is 42.1 Å². The van der Waals surface area contributed by atoms with Crippen LogP contribution in [-0.2, 0) is 21.4 Å². The van der Waals surface area contributed by atoms with Crippen LogP contribution in [-0.4, -0.2) is 34.3 Å². The van der Waals surface area contributed by atoms with Crippen LogP contribution in [0.15, 0.2) is 64.6 Å². The molecule has 152 valence electrons. The molecule has 1 amide bonds. The highest BCUT2D eigenvalue weighted by Gasteiger charge is 2.20. The molecule has 0 spiro atoms. The van der Waals surface area contributed by atoms with E-state index < -0.39 is 15.3 Å². The number of sulfonamides is 1. The summed E-state index contributed by atoms with van der Waals surface area (Å²) in [6.45, 7) is 4.44. The molecular formula is C19H21N5O3S2. The first kappa shape index (κ1) is 21.0. The zero-order valence-corrected chi connectivity index (χ0v) is 17.6. The van der Waals surface area contributed by atoms with Crippen molar-refractivity contribution in [2.45, 2.75) is 35.7 Å². The number of benzene rings is 2. The van der Waals surface area contributed by atoms with Crippen LogP contribution in [0.5, 0.6) is 0 Å². The fourth-order valence-corrected chi connectivity index (χ4v) is 4.07. The Hall–Kier alpha value is -2.69. The van der Waals surface area contributed by atoms with E-state index in [1.54, 1.807) is 6.92 Å². The average molecular weight is 432 g/mol. The maximum Gasteiger partial charge on any atom is 0.238 e. The Morgan fingerprint density at radius 2 is 1.79 bits per heavy atom. The number of primary sulfonamides is 1. The van der Waals surface area contributed by atoms with E-state index in [2.05, 4.69) is 15.5 Å². The molecule has 10 heteroatoms. The molecular weight excluding hydrogens is 410 g/mol. The molecule has 0 saturated carbocycles. The number of thioether (sulfide) groups is 1. The number of carbonyl (C=O) groups excluding carboxylic acids is 1. The molecule has 0 aliphatic carbocycles. The second-order valence-corrected chi connectivity index (χ2v) is 9.10. The van der Waals surface area contributed by atoms with Crippen LogP contribution in [0.3, 0.4) is 0 Å². The van der Waals surface area contributed by atoms with Crippen LogP contribution in [0.4, 0.5) is 5.69 Å². The number of nitrogens with zero attached hydrogens (tertiary/aromatic N) is 3. The minimum Gasteiger partial charge on any atom is -0.325 e. The predicted molar refractivity (Wildman–Crippen MR) is 113 cm³/mol. The topological polar surface area (TPSA) is 120 Å². The van der Waals surface area contributed by atoms with Crippen LogP contribution < -0.4 is 10.5 Å². The van der Waals surface area contributed by atoms with Gasteiger partial charge in [0, 0.05) is 17.8 Å². The van der Waals surface area contributed by atoms with Gasteiger partial charge in [-0.3, -0.25) is 4.79 Å². The predicted octanol–water partition coefficient (Wildman–Crippen LogP) is 2.73. The van der Waals surface area contributed by atoms with E-state index in [0.29, 0.717) is 17.4 Å².